The van der Waals surface area contributed by atoms with Gasteiger partial charge in [0, 0.05) is 0 Å². The molecular formula is C14H26F2. The Kier molecular flexibility index (Phi) is 14.2. The van der Waals surface area contributed by atoms with Crippen LogP contribution in [-0.4, -0.2) is 6.67 Å². The van der Waals surface area contributed by atoms with Crippen molar-refractivity contribution >= 4 is 0 Å². The third-order valence-electron chi connectivity index (χ3n) is 2.84. The van der Waals surface area contributed by atoms with Crippen LogP contribution in [0.25, 0.3) is 0 Å². The molecule has 0 saturated carbocycles. The van der Waals surface area contributed by atoms with Gasteiger partial charge in [-0.05, 0) is 19.3 Å². The molecule has 0 aliphatic heterocycles. The molecule has 0 saturated heterocycles. The van der Waals surface area contributed by atoms with E-state index in [1.54, 1.807) is 6.08 Å². The van der Waals surface area contributed by atoms with Gasteiger partial charge in [0.05, 0.1) is 13.0 Å². The Labute approximate surface area is 99.1 Å². The first-order valence-corrected chi connectivity index (χ1v) is 6.73. The number of halogens is 2. The van der Waals surface area contributed by atoms with Crippen LogP contribution < -0.4 is 0 Å². The van der Waals surface area contributed by atoms with Gasteiger partial charge in [-0.1, -0.05) is 57.4 Å². The van der Waals surface area contributed by atoms with Crippen LogP contribution in [0.1, 0.15) is 70.6 Å². The molecule has 0 rings (SSSR count). The van der Waals surface area contributed by atoms with E-state index < -0.39 is 0 Å². The SMILES string of the molecule is FC=CCCCCCCCCCCCCF. The lowest BCUT2D eigenvalue weighted by molar-refractivity contribution is 0.449. The Balaban J connectivity index is 2.88. The molecule has 0 aromatic carbocycles. The molecule has 0 fully saturated rings. The second kappa shape index (κ2) is 14.6. The van der Waals surface area contributed by atoms with Crippen molar-refractivity contribution in [2.24, 2.45) is 0 Å². The smallest absolute Gasteiger partial charge is 0.0894 e. The summed E-state index contributed by atoms with van der Waals surface area (Å²) in [6.45, 7) is -0.159. The molecule has 0 bridgehead atoms. The number of unbranched alkanes of at least 4 members (excludes halogenated alkanes) is 10. The van der Waals surface area contributed by atoms with Crippen molar-refractivity contribution in [3.05, 3.63) is 12.4 Å². The van der Waals surface area contributed by atoms with Crippen LogP contribution in [0.3, 0.4) is 0 Å². The summed E-state index contributed by atoms with van der Waals surface area (Å²) in [5.41, 5.74) is 0. The summed E-state index contributed by atoms with van der Waals surface area (Å²) in [7, 11) is 0. The zero-order valence-corrected chi connectivity index (χ0v) is 10.4. The first-order valence-electron chi connectivity index (χ1n) is 6.73. The summed E-state index contributed by atoms with van der Waals surface area (Å²) in [6.07, 6.45) is 14.8. The first-order chi connectivity index (χ1) is 7.91. The molecule has 0 unspecified atom stereocenters. The van der Waals surface area contributed by atoms with Crippen LogP contribution in [0.5, 0.6) is 0 Å². The Hall–Kier alpha value is -0.400. The van der Waals surface area contributed by atoms with Gasteiger partial charge in [-0.25, -0.2) is 4.39 Å². The summed E-state index contributed by atoms with van der Waals surface area (Å²) in [5.74, 6) is 0. The molecule has 0 aliphatic carbocycles. The van der Waals surface area contributed by atoms with Crippen LogP contribution in [0.2, 0.25) is 0 Å². The minimum absolute atomic E-state index is 0.159. The van der Waals surface area contributed by atoms with Gasteiger partial charge in [0.1, 0.15) is 0 Å². The maximum atomic E-state index is 11.8. The van der Waals surface area contributed by atoms with Crippen LogP contribution in [0.4, 0.5) is 8.78 Å². The molecule has 0 spiro atoms. The van der Waals surface area contributed by atoms with Crippen molar-refractivity contribution in [1.29, 1.82) is 0 Å². The monoisotopic (exact) mass is 232 g/mol. The lowest BCUT2D eigenvalue weighted by Gasteiger charge is -2.01. The van der Waals surface area contributed by atoms with Gasteiger partial charge in [-0.3, -0.25) is 4.39 Å². The van der Waals surface area contributed by atoms with Gasteiger partial charge in [0.2, 0.25) is 0 Å². The lowest BCUT2D eigenvalue weighted by atomic mass is 10.1. The summed E-state index contributed by atoms with van der Waals surface area (Å²) in [6, 6.07) is 0. The fourth-order valence-electron chi connectivity index (χ4n) is 1.83. The first kappa shape index (κ1) is 15.6. The molecular weight excluding hydrogens is 206 g/mol. The molecule has 0 N–H and O–H groups in total. The molecule has 16 heavy (non-hydrogen) atoms. The van der Waals surface area contributed by atoms with E-state index in [0.717, 1.165) is 25.7 Å². The highest BCUT2D eigenvalue weighted by Crippen LogP contribution is 2.11. The number of hydrogen-bond acceptors (Lipinski definition) is 0. The third kappa shape index (κ3) is 13.6. The molecule has 0 nitrogen and oxygen atoms in total. The van der Waals surface area contributed by atoms with E-state index in [-0.39, 0.29) is 6.67 Å². The highest BCUT2D eigenvalue weighted by molar-refractivity contribution is 4.71. The highest BCUT2D eigenvalue weighted by Gasteiger charge is 1.92. The van der Waals surface area contributed by atoms with Crippen molar-refractivity contribution in [1.82, 2.24) is 0 Å². The normalized spacial score (nSPS) is 11.4. The van der Waals surface area contributed by atoms with E-state index in [1.807, 2.05) is 0 Å². The highest BCUT2D eigenvalue weighted by atomic mass is 19.1. The lowest BCUT2D eigenvalue weighted by Crippen LogP contribution is -1.82. The minimum atomic E-state index is -0.159. The second-order valence-corrected chi connectivity index (χ2v) is 4.37. The minimum Gasteiger partial charge on any atom is -0.251 e. The van der Waals surface area contributed by atoms with E-state index in [9.17, 15) is 8.78 Å². The topological polar surface area (TPSA) is 0 Å². The average molecular weight is 232 g/mol. The fraction of sp³-hybridized carbons (Fsp3) is 0.857. The average Bonchev–Trinajstić information content (AvgIpc) is 2.31. The van der Waals surface area contributed by atoms with E-state index in [1.165, 1.54) is 44.9 Å². The van der Waals surface area contributed by atoms with Gasteiger partial charge >= 0.3 is 0 Å². The summed E-state index contributed by atoms with van der Waals surface area (Å²) >= 11 is 0. The Morgan fingerprint density at radius 3 is 1.50 bits per heavy atom. The number of alkyl halides is 1. The molecule has 0 radical (unpaired) electrons. The van der Waals surface area contributed by atoms with Crippen molar-refractivity contribution in [2.75, 3.05) is 6.67 Å². The maximum Gasteiger partial charge on any atom is 0.0894 e. The fourth-order valence-corrected chi connectivity index (χ4v) is 1.83. The van der Waals surface area contributed by atoms with E-state index in [2.05, 4.69) is 0 Å². The van der Waals surface area contributed by atoms with Gasteiger partial charge < -0.3 is 0 Å². The quantitative estimate of drug-likeness (QED) is 0.377. The van der Waals surface area contributed by atoms with Crippen molar-refractivity contribution in [2.45, 2.75) is 70.6 Å². The van der Waals surface area contributed by atoms with Crippen molar-refractivity contribution in [3.63, 3.8) is 0 Å². The zero-order valence-electron chi connectivity index (χ0n) is 10.4. The van der Waals surface area contributed by atoms with Crippen LogP contribution in [0.15, 0.2) is 12.4 Å². The van der Waals surface area contributed by atoms with E-state index >= 15 is 0 Å². The molecule has 0 aromatic heterocycles. The van der Waals surface area contributed by atoms with Crippen LogP contribution in [0, 0.1) is 0 Å². The van der Waals surface area contributed by atoms with E-state index in [0.29, 0.717) is 6.33 Å². The largest absolute Gasteiger partial charge is 0.251 e. The molecule has 0 aliphatic rings. The molecule has 96 valence electrons. The predicted octanol–water partition coefficient (Wildman–Crippen LogP) is 5.73. The Bertz CT molecular complexity index is 144. The molecule has 0 atom stereocenters. The third-order valence-corrected chi connectivity index (χ3v) is 2.84. The summed E-state index contributed by atoms with van der Waals surface area (Å²) < 4.78 is 23.4. The molecule has 0 aromatic rings. The standard InChI is InChI=1S/C14H26F2/c15-13-11-9-7-5-3-1-2-4-6-8-10-12-14-16/h11,13H,1-10,12,14H2. The van der Waals surface area contributed by atoms with E-state index in [4.69, 9.17) is 0 Å². The maximum absolute atomic E-state index is 11.8. The molecule has 2 heteroatoms. The number of allylic oxidation sites excluding steroid dienone is 1. The number of rotatable bonds is 12. The second-order valence-electron chi connectivity index (χ2n) is 4.37. The number of hydrogen-bond donors (Lipinski definition) is 0. The Morgan fingerprint density at radius 2 is 1.06 bits per heavy atom. The zero-order chi connectivity index (χ0) is 11.9. The van der Waals surface area contributed by atoms with Crippen LogP contribution >= 0.6 is 0 Å². The van der Waals surface area contributed by atoms with Crippen molar-refractivity contribution in [3.8, 4) is 0 Å². The van der Waals surface area contributed by atoms with Gasteiger partial charge in [0.15, 0.2) is 0 Å². The summed E-state index contributed by atoms with van der Waals surface area (Å²) in [5, 5.41) is 0. The van der Waals surface area contributed by atoms with Crippen molar-refractivity contribution < 1.29 is 8.78 Å². The predicted molar refractivity (Wildman–Crippen MR) is 67.0 cm³/mol. The Morgan fingerprint density at radius 1 is 0.625 bits per heavy atom. The summed E-state index contributed by atoms with van der Waals surface area (Å²) in [4.78, 5) is 0. The van der Waals surface area contributed by atoms with Gasteiger partial charge in [-0.15, -0.1) is 0 Å². The molecule has 0 heterocycles. The van der Waals surface area contributed by atoms with Gasteiger partial charge in [-0.2, -0.15) is 0 Å². The van der Waals surface area contributed by atoms with Gasteiger partial charge in [0.25, 0.3) is 0 Å². The van der Waals surface area contributed by atoms with Crippen LogP contribution in [-0.2, 0) is 0 Å². The molecule has 0 amide bonds.